The number of rotatable bonds is 6. The minimum Gasteiger partial charge on any atom is -0.307 e. The molecule has 0 saturated carbocycles. The van der Waals surface area contributed by atoms with Crippen molar-refractivity contribution >= 4 is 28.2 Å². The zero-order valence-electron chi connectivity index (χ0n) is 15.1. The third-order valence-corrected chi connectivity index (χ3v) is 4.96. The summed E-state index contributed by atoms with van der Waals surface area (Å²) in [7, 11) is 0. The Hall–Kier alpha value is -2.66. The first-order chi connectivity index (χ1) is 12.7. The van der Waals surface area contributed by atoms with Gasteiger partial charge in [-0.1, -0.05) is 56.3 Å². The molecule has 3 rings (SSSR count). The van der Waals surface area contributed by atoms with Crippen LogP contribution in [0, 0.1) is 0 Å². The zero-order chi connectivity index (χ0) is 18.4. The van der Waals surface area contributed by atoms with Crippen molar-refractivity contribution in [2.75, 3.05) is 16.8 Å². The van der Waals surface area contributed by atoms with Crippen molar-refractivity contribution in [3.8, 4) is 11.3 Å². The van der Waals surface area contributed by atoms with Gasteiger partial charge in [0.15, 0.2) is 5.13 Å². The van der Waals surface area contributed by atoms with Gasteiger partial charge in [0, 0.05) is 23.2 Å². The molecule has 2 amide bonds. The topological polar surface area (TPSA) is 45.2 Å². The van der Waals surface area contributed by atoms with Gasteiger partial charge in [0.05, 0.1) is 5.69 Å². The van der Waals surface area contributed by atoms with Crippen molar-refractivity contribution in [3.05, 3.63) is 65.5 Å². The van der Waals surface area contributed by atoms with Crippen molar-refractivity contribution in [1.29, 1.82) is 0 Å². The molecule has 0 saturated heterocycles. The van der Waals surface area contributed by atoms with E-state index in [4.69, 9.17) is 0 Å². The van der Waals surface area contributed by atoms with E-state index in [1.54, 1.807) is 4.90 Å². The number of amides is 2. The smallest absolute Gasteiger partial charge is 0.307 e. The summed E-state index contributed by atoms with van der Waals surface area (Å²) < 4.78 is 0. The highest BCUT2D eigenvalue weighted by Crippen LogP contribution is 2.28. The van der Waals surface area contributed by atoms with Crippen LogP contribution in [0.3, 0.4) is 0 Å². The maximum absolute atomic E-state index is 12.8. The van der Waals surface area contributed by atoms with Crippen LogP contribution in [-0.2, 0) is 6.42 Å². The van der Waals surface area contributed by atoms with Gasteiger partial charge >= 0.3 is 6.03 Å². The van der Waals surface area contributed by atoms with Gasteiger partial charge in [0.1, 0.15) is 0 Å². The third kappa shape index (κ3) is 4.29. The van der Waals surface area contributed by atoms with E-state index in [0.29, 0.717) is 11.7 Å². The van der Waals surface area contributed by atoms with E-state index in [1.165, 1.54) is 16.9 Å². The highest BCUT2D eigenvalue weighted by Gasteiger charge is 2.19. The second-order valence-electron chi connectivity index (χ2n) is 6.01. The summed E-state index contributed by atoms with van der Waals surface area (Å²) >= 11 is 1.49. The number of thiazole rings is 1. The molecule has 0 aliphatic carbocycles. The van der Waals surface area contributed by atoms with E-state index in [9.17, 15) is 4.79 Å². The van der Waals surface area contributed by atoms with Gasteiger partial charge in [-0.3, -0.25) is 4.90 Å². The minimum atomic E-state index is -0.148. The normalized spacial score (nSPS) is 10.5. The summed E-state index contributed by atoms with van der Waals surface area (Å²) in [6.45, 7) is 4.80. The SMILES string of the molecule is CCCN(C(=O)Nc1ccc(CC)cc1)c1nc(-c2ccccc2)cs1. The van der Waals surface area contributed by atoms with Crippen molar-refractivity contribution in [1.82, 2.24) is 4.98 Å². The predicted molar refractivity (Wildman–Crippen MR) is 110 cm³/mol. The molecular formula is C21H23N3OS. The molecule has 0 fully saturated rings. The summed E-state index contributed by atoms with van der Waals surface area (Å²) in [4.78, 5) is 19.2. The summed E-state index contributed by atoms with van der Waals surface area (Å²) in [5, 5.41) is 5.69. The van der Waals surface area contributed by atoms with Gasteiger partial charge < -0.3 is 5.32 Å². The maximum atomic E-state index is 12.8. The highest BCUT2D eigenvalue weighted by molar-refractivity contribution is 7.14. The fourth-order valence-corrected chi connectivity index (χ4v) is 3.51. The lowest BCUT2D eigenvalue weighted by atomic mass is 10.1. The number of nitrogens with zero attached hydrogens (tertiary/aromatic N) is 2. The first-order valence-electron chi connectivity index (χ1n) is 8.89. The molecule has 1 heterocycles. The Kier molecular flexibility index (Phi) is 6.02. The fourth-order valence-electron chi connectivity index (χ4n) is 2.65. The Morgan fingerprint density at radius 3 is 2.46 bits per heavy atom. The Labute approximate surface area is 158 Å². The monoisotopic (exact) mass is 365 g/mol. The molecule has 0 atom stereocenters. The number of aryl methyl sites for hydroxylation is 1. The van der Waals surface area contributed by atoms with E-state index in [1.807, 2.05) is 60.0 Å². The van der Waals surface area contributed by atoms with Crippen LogP contribution >= 0.6 is 11.3 Å². The molecule has 0 aliphatic rings. The molecule has 3 aromatic rings. The summed E-state index contributed by atoms with van der Waals surface area (Å²) in [5.41, 5.74) is 4.00. The Morgan fingerprint density at radius 1 is 1.08 bits per heavy atom. The molecule has 4 nitrogen and oxygen atoms in total. The van der Waals surface area contributed by atoms with Crippen LogP contribution < -0.4 is 10.2 Å². The molecule has 5 heteroatoms. The number of anilines is 2. The van der Waals surface area contributed by atoms with Crippen LogP contribution in [0.4, 0.5) is 15.6 Å². The Morgan fingerprint density at radius 2 is 1.81 bits per heavy atom. The Bertz CT molecular complexity index is 843. The molecule has 134 valence electrons. The lowest BCUT2D eigenvalue weighted by Crippen LogP contribution is -2.35. The Balaban J connectivity index is 1.77. The second-order valence-corrected chi connectivity index (χ2v) is 6.85. The molecule has 0 unspecified atom stereocenters. The standard InChI is InChI=1S/C21H23N3OS/c1-3-14-24(20(25)22-18-12-10-16(4-2)11-13-18)21-23-19(15-26-21)17-8-6-5-7-9-17/h5-13,15H,3-4,14H2,1-2H3,(H,22,25). The number of aromatic nitrogens is 1. The van der Waals surface area contributed by atoms with Crippen LogP contribution in [0.1, 0.15) is 25.8 Å². The van der Waals surface area contributed by atoms with Crippen molar-refractivity contribution in [2.24, 2.45) is 0 Å². The van der Waals surface area contributed by atoms with Gasteiger partial charge in [0.25, 0.3) is 0 Å². The quantitative estimate of drug-likeness (QED) is 0.598. The van der Waals surface area contributed by atoms with Crippen LogP contribution in [0.5, 0.6) is 0 Å². The third-order valence-electron chi connectivity index (χ3n) is 4.10. The lowest BCUT2D eigenvalue weighted by molar-refractivity contribution is 0.257. The summed E-state index contributed by atoms with van der Waals surface area (Å²) in [6.07, 6.45) is 1.85. The average molecular weight is 366 g/mol. The van der Waals surface area contributed by atoms with E-state index < -0.39 is 0 Å². The number of hydrogen-bond donors (Lipinski definition) is 1. The van der Waals surface area contributed by atoms with Gasteiger partial charge in [0.2, 0.25) is 0 Å². The van der Waals surface area contributed by atoms with E-state index in [2.05, 4.69) is 24.1 Å². The number of benzene rings is 2. The molecule has 0 bridgehead atoms. The molecule has 1 aromatic heterocycles. The number of hydrogen-bond acceptors (Lipinski definition) is 3. The first-order valence-corrected chi connectivity index (χ1v) is 9.77. The minimum absolute atomic E-state index is 0.148. The van der Waals surface area contributed by atoms with Crippen LogP contribution in [0.2, 0.25) is 0 Å². The van der Waals surface area contributed by atoms with Crippen LogP contribution in [0.15, 0.2) is 60.0 Å². The molecular weight excluding hydrogens is 342 g/mol. The van der Waals surface area contributed by atoms with Crippen LogP contribution in [0.25, 0.3) is 11.3 Å². The van der Waals surface area contributed by atoms with Gasteiger partial charge in [-0.2, -0.15) is 0 Å². The van der Waals surface area contributed by atoms with Crippen LogP contribution in [-0.4, -0.2) is 17.6 Å². The van der Waals surface area contributed by atoms with Gasteiger partial charge in [-0.05, 0) is 30.5 Å². The van der Waals surface area contributed by atoms with E-state index in [0.717, 1.165) is 29.8 Å². The fraction of sp³-hybridized carbons (Fsp3) is 0.238. The largest absolute Gasteiger partial charge is 0.328 e. The first kappa shape index (κ1) is 18.1. The van der Waals surface area contributed by atoms with Crippen molar-refractivity contribution < 1.29 is 4.79 Å². The number of nitrogens with one attached hydrogen (secondary N) is 1. The lowest BCUT2D eigenvalue weighted by Gasteiger charge is -2.19. The summed E-state index contributed by atoms with van der Waals surface area (Å²) in [6, 6.07) is 17.8. The molecule has 26 heavy (non-hydrogen) atoms. The number of carbonyl (C=O) groups is 1. The molecule has 1 N–H and O–H groups in total. The number of carbonyl (C=O) groups excluding carboxylic acids is 1. The van der Waals surface area contributed by atoms with E-state index >= 15 is 0 Å². The van der Waals surface area contributed by atoms with E-state index in [-0.39, 0.29) is 6.03 Å². The molecule has 0 spiro atoms. The highest BCUT2D eigenvalue weighted by atomic mass is 32.1. The number of urea groups is 1. The molecule has 2 aromatic carbocycles. The van der Waals surface area contributed by atoms with Gasteiger partial charge in [-0.15, -0.1) is 11.3 Å². The van der Waals surface area contributed by atoms with Gasteiger partial charge in [-0.25, -0.2) is 9.78 Å². The maximum Gasteiger partial charge on any atom is 0.328 e. The average Bonchev–Trinajstić information content (AvgIpc) is 3.17. The zero-order valence-corrected chi connectivity index (χ0v) is 15.9. The van der Waals surface area contributed by atoms with Crippen molar-refractivity contribution in [2.45, 2.75) is 26.7 Å². The van der Waals surface area contributed by atoms with Crippen molar-refractivity contribution in [3.63, 3.8) is 0 Å². The molecule has 0 aliphatic heterocycles. The summed E-state index contributed by atoms with van der Waals surface area (Å²) in [5.74, 6) is 0. The predicted octanol–water partition coefficient (Wildman–Crippen LogP) is 5.82. The molecule has 0 radical (unpaired) electrons. The second kappa shape index (κ2) is 8.63.